The third kappa shape index (κ3) is 4.35. The molecule has 1 aliphatic rings. The Morgan fingerprint density at radius 1 is 1.32 bits per heavy atom. The number of nitriles is 1. The van der Waals surface area contributed by atoms with Gasteiger partial charge in [0.2, 0.25) is 0 Å². The van der Waals surface area contributed by atoms with E-state index in [1.807, 2.05) is 13.0 Å². The lowest BCUT2D eigenvalue weighted by molar-refractivity contribution is -0.148. The van der Waals surface area contributed by atoms with Crippen LogP contribution in [0.3, 0.4) is 0 Å². The quantitative estimate of drug-likeness (QED) is 0.604. The summed E-state index contributed by atoms with van der Waals surface area (Å²) in [7, 11) is 0. The molecule has 0 saturated carbocycles. The molecule has 132 valence electrons. The normalized spacial score (nSPS) is 19.5. The van der Waals surface area contributed by atoms with Crippen molar-refractivity contribution in [3.63, 3.8) is 0 Å². The molecule has 3 amide bonds. The number of esters is 1. The third-order valence-electron chi connectivity index (χ3n) is 4.15. The molecule has 1 aliphatic heterocycles. The van der Waals surface area contributed by atoms with Gasteiger partial charge in [0.05, 0.1) is 11.6 Å². The van der Waals surface area contributed by atoms with E-state index in [9.17, 15) is 14.4 Å². The first-order chi connectivity index (χ1) is 11.9. The van der Waals surface area contributed by atoms with Crippen LogP contribution in [0.25, 0.3) is 0 Å². The van der Waals surface area contributed by atoms with E-state index in [4.69, 9.17) is 10.00 Å². The number of unbranched alkanes of at least 4 members (excludes halogenated alkanes) is 1. The van der Waals surface area contributed by atoms with Crippen LogP contribution in [0, 0.1) is 11.3 Å². The van der Waals surface area contributed by atoms with E-state index >= 15 is 0 Å². The number of amides is 3. The van der Waals surface area contributed by atoms with E-state index in [1.54, 1.807) is 31.2 Å². The summed E-state index contributed by atoms with van der Waals surface area (Å²) in [5.41, 5.74) is 0.277. The fraction of sp³-hybridized carbons (Fsp3) is 0.444. The predicted molar refractivity (Wildman–Crippen MR) is 89.1 cm³/mol. The van der Waals surface area contributed by atoms with Gasteiger partial charge in [-0.15, -0.1) is 0 Å². The number of ether oxygens (including phenoxy) is 1. The second kappa shape index (κ2) is 7.79. The second-order valence-electron chi connectivity index (χ2n) is 6.23. The van der Waals surface area contributed by atoms with Gasteiger partial charge in [-0.1, -0.05) is 31.9 Å². The lowest BCUT2D eigenvalue weighted by Gasteiger charge is -2.21. The summed E-state index contributed by atoms with van der Waals surface area (Å²) >= 11 is 0. The molecule has 1 fully saturated rings. The van der Waals surface area contributed by atoms with E-state index in [1.165, 1.54) is 0 Å². The minimum absolute atomic E-state index is 0.0152. The number of rotatable bonds is 7. The van der Waals surface area contributed by atoms with Crippen LogP contribution in [0.4, 0.5) is 4.79 Å². The van der Waals surface area contributed by atoms with E-state index in [0.717, 1.165) is 23.3 Å². The Balaban J connectivity index is 1.90. The van der Waals surface area contributed by atoms with Crippen LogP contribution in [0.1, 0.15) is 44.2 Å². The highest BCUT2D eigenvalue weighted by molar-refractivity contribution is 6.08. The van der Waals surface area contributed by atoms with Gasteiger partial charge in [-0.05, 0) is 31.0 Å². The Morgan fingerprint density at radius 2 is 2.00 bits per heavy atom. The number of nitrogens with zero attached hydrogens (tertiary/aromatic N) is 2. The molecule has 0 unspecified atom stereocenters. The lowest BCUT2D eigenvalue weighted by Crippen LogP contribution is -2.44. The van der Waals surface area contributed by atoms with Gasteiger partial charge in [-0.2, -0.15) is 5.26 Å². The molecule has 1 aromatic carbocycles. The van der Waals surface area contributed by atoms with Crippen LogP contribution in [0.5, 0.6) is 0 Å². The summed E-state index contributed by atoms with van der Waals surface area (Å²) < 4.78 is 5.11. The van der Waals surface area contributed by atoms with E-state index in [-0.39, 0.29) is 6.61 Å². The molecule has 7 nitrogen and oxygen atoms in total. The molecule has 7 heteroatoms. The molecule has 0 bridgehead atoms. The van der Waals surface area contributed by atoms with E-state index in [2.05, 4.69) is 5.32 Å². The number of benzene rings is 1. The molecule has 1 aromatic rings. The maximum absolute atomic E-state index is 12.4. The molecule has 25 heavy (non-hydrogen) atoms. The van der Waals surface area contributed by atoms with Crippen LogP contribution in [-0.2, 0) is 20.9 Å². The minimum Gasteiger partial charge on any atom is -0.459 e. The summed E-state index contributed by atoms with van der Waals surface area (Å²) in [6.07, 6.45) is 2.25. The first-order valence-corrected chi connectivity index (χ1v) is 8.18. The summed E-state index contributed by atoms with van der Waals surface area (Å²) in [5, 5.41) is 11.4. The zero-order valence-electron chi connectivity index (χ0n) is 14.4. The highest BCUT2D eigenvalue weighted by Crippen LogP contribution is 2.23. The first-order valence-electron chi connectivity index (χ1n) is 8.18. The molecule has 1 atom stereocenters. The predicted octanol–water partition coefficient (Wildman–Crippen LogP) is 2.10. The van der Waals surface area contributed by atoms with Gasteiger partial charge in [0, 0.05) is 0 Å². The topological polar surface area (TPSA) is 99.5 Å². The highest BCUT2D eigenvalue weighted by Gasteiger charge is 2.47. The van der Waals surface area contributed by atoms with Crippen molar-refractivity contribution in [3.05, 3.63) is 35.4 Å². The van der Waals surface area contributed by atoms with Crippen molar-refractivity contribution in [2.75, 3.05) is 6.54 Å². The summed E-state index contributed by atoms with van der Waals surface area (Å²) in [6.45, 7) is 3.28. The van der Waals surface area contributed by atoms with E-state index in [0.29, 0.717) is 12.0 Å². The fourth-order valence-electron chi connectivity index (χ4n) is 2.60. The Hall–Kier alpha value is -2.88. The Morgan fingerprint density at radius 3 is 2.60 bits per heavy atom. The van der Waals surface area contributed by atoms with Crippen molar-refractivity contribution >= 4 is 17.9 Å². The average Bonchev–Trinajstić information content (AvgIpc) is 2.82. The SMILES string of the molecule is CCCC[C@@]1(C)NC(=O)N(CC(=O)OCc2ccc(C#N)cc2)C1=O. The first kappa shape index (κ1) is 18.5. The molecule has 1 saturated heterocycles. The van der Waals surface area contributed by atoms with Crippen molar-refractivity contribution in [3.8, 4) is 6.07 Å². The van der Waals surface area contributed by atoms with Crippen LogP contribution in [0.15, 0.2) is 24.3 Å². The van der Waals surface area contributed by atoms with Crippen LogP contribution in [0.2, 0.25) is 0 Å². The van der Waals surface area contributed by atoms with Gasteiger partial charge in [0.1, 0.15) is 18.7 Å². The van der Waals surface area contributed by atoms with Gasteiger partial charge < -0.3 is 10.1 Å². The van der Waals surface area contributed by atoms with Crippen molar-refractivity contribution in [1.29, 1.82) is 5.26 Å². The minimum atomic E-state index is -0.958. The molecule has 0 aliphatic carbocycles. The van der Waals surface area contributed by atoms with Crippen molar-refractivity contribution < 1.29 is 19.1 Å². The number of hydrogen-bond acceptors (Lipinski definition) is 5. The standard InChI is InChI=1S/C18H21N3O4/c1-3-4-9-18(2)16(23)21(17(24)20-18)11-15(22)25-12-14-7-5-13(10-19)6-8-14/h5-8H,3-4,9,11-12H2,1-2H3,(H,20,24)/t18-/m1/s1. The van der Waals surface area contributed by atoms with Crippen molar-refractivity contribution in [2.24, 2.45) is 0 Å². The maximum atomic E-state index is 12.4. The molecular weight excluding hydrogens is 322 g/mol. The van der Waals surface area contributed by atoms with Gasteiger partial charge in [-0.25, -0.2) is 4.79 Å². The van der Waals surface area contributed by atoms with Gasteiger partial charge in [0.25, 0.3) is 5.91 Å². The molecule has 0 aromatic heterocycles. The number of urea groups is 1. The van der Waals surface area contributed by atoms with Gasteiger partial charge in [0.15, 0.2) is 0 Å². The van der Waals surface area contributed by atoms with Crippen molar-refractivity contribution in [1.82, 2.24) is 10.2 Å². The van der Waals surface area contributed by atoms with Gasteiger partial charge in [-0.3, -0.25) is 14.5 Å². The number of hydrogen-bond donors (Lipinski definition) is 1. The average molecular weight is 343 g/mol. The third-order valence-corrected chi connectivity index (χ3v) is 4.15. The Kier molecular flexibility index (Phi) is 5.75. The zero-order chi connectivity index (χ0) is 18.4. The molecule has 2 rings (SSSR count). The molecule has 1 N–H and O–H groups in total. The molecule has 0 spiro atoms. The smallest absolute Gasteiger partial charge is 0.326 e. The number of carbonyl (C=O) groups is 3. The molecule has 0 radical (unpaired) electrons. The highest BCUT2D eigenvalue weighted by atomic mass is 16.5. The maximum Gasteiger partial charge on any atom is 0.326 e. The van der Waals surface area contributed by atoms with Crippen LogP contribution >= 0.6 is 0 Å². The number of nitrogens with one attached hydrogen (secondary N) is 1. The monoisotopic (exact) mass is 343 g/mol. The van der Waals surface area contributed by atoms with Crippen LogP contribution < -0.4 is 5.32 Å². The van der Waals surface area contributed by atoms with Crippen molar-refractivity contribution in [2.45, 2.75) is 45.3 Å². The van der Waals surface area contributed by atoms with E-state index < -0.39 is 30.0 Å². The molecule has 1 heterocycles. The number of carbonyl (C=O) groups excluding carboxylic acids is 3. The second-order valence-corrected chi connectivity index (χ2v) is 6.23. The van der Waals surface area contributed by atoms with Gasteiger partial charge >= 0.3 is 12.0 Å². The largest absolute Gasteiger partial charge is 0.459 e. The summed E-state index contributed by atoms with van der Waals surface area (Å²) in [4.78, 5) is 37.3. The summed E-state index contributed by atoms with van der Waals surface area (Å²) in [5.74, 6) is -1.06. The van der Waals surface area contributed by atoms with Crippen LogP contribution in [-0.4, -0.2) is 34.9 Å². The molecular formula is C18H21N3O4. The fourth-order valence-corrected chi connectivity index (χ4v) is 2.60. The Bertz CT molecular complexity index is 708. The summed E-state index contributed by atoms with van der Waals surface area (Å²) in [6, 6.07) is 8.05. The lowest BCUT2D eigenvalue weighted by atomic mass is 9.95. The zero-order valence-corrected chi connectivity index (χ0v) is 14.4. The number of imide groups is 1. The Labute approximate surface area is 146 Å².